The third kappa shape index (κ3) is 5.12. The molecule has 0 saturated carbocycles. The molecule has 0 bridgehead atoms. The van der Waals surface area contributed by atoms with E-state index in [1.54, 1.807) is 28.3 Å². The van der Waals surface area contributed by atoms with Crippen molar-refractivity contribution in [2.45, 2.75) is 65.5 Å². The number of nitrogens with one attached hydrogen (secondary N) is 1. The van der Waals surface area contributed by atoms with Gasteiger partial charge in [0.15, 0.2) is 0 Å². The highest BCUT2D eigenvalue weighted by Gasteiger charge is 2.50. The Kier molecular flexibility index (Phi) is 6.89. The first-order valence-electron chi connectivity index (χ1n) is 12.4. The third-order valence-electron chi connectivity index (χ3n) is 6.81. The van der Waals surface area contributed by atoms with Gasteiger partial charge in [0.1, 0.15) is 16.8 Å². The summed E-state index contributed by atoms with van der Waals surface area (Å²) in [5.41, 5.74) is -0.799. The summed E-state index contributed by atoms with van der Waals surface area (Å²) in [6.07, 6.45) is 6.95. The van der Waals surface area contributed by atoms with E-state index in [4.69, 9.17) is 4.74 Å². The molecule has 2 amide bonds. The van der Waals surface area contributed by atoms with Crippen molar-refractivity contribution < 1.29 is 14.3 Å². The van der Waals surface area contributed by atoms with Crippen LogP contribution in [0.25, 0.3) is 0 Å². The fourth-order valence-corrected chi connectivity index (χ4v) is 4.66. The number of ether oxygens (including phenoxy) is 1. The lowest BCUT2D eigenvalue weighted by Gasteiger charge is -2.33. The number of amides is 2. The second kappa shape index (κ2) is 9.76. The molecule has 4 heterocycles. The molecule has 11 heteroatoms. The molecular weight excluding hydrogens is 460 g/mol. The summed E-state index contributed by atoms with van der Waals surface area (Å²) in [7, 11) is 0. The van der Waals surface area contributed by atoms with Crippen molar-refractivity contribution in [3.05, 3.63) is 24.7 Å². The molecule has 2 fully saturated rings. The van der Waals surface area contributed by atoms with Crippen LogP contribution in [0.5, 0.6) is 0 Å². The second-order valence-corrected chi connectivity index (χ2v) is 10.7. The molecule has 11 nitrogen and oxygen atoms in total. The van der Waals surface area contributed by atoms with Crippen LogP contribution in [0.3, 0.4) is 0 Å². The van der Waals surface area contributed by atoms with Gasteiger partial charge in [-0.15, -0.1) is 0 Å². The number of nitriles is 1. The summed E-state index contributed by atoms with van der Waals surface area (Å²) in [5, 5.41) is 17.3. The predicted octanol–water partition coefficient (Wildman–Crippen LogP) is 3.89. The number of carbonyl (C=O) groups is 2. The number of likely N-dealkylation sites (tertiary alicyclic amines) is 1. The lowest BCUT2D eigenvalue weighted by Crippen LogP contribution is -2.42. The molecule has 2 saturated heterocycles. The summed E-state index contributed by atoms with van der Waals surface area (Å²) >= 11 is 0. The minimum atomic E-state index is -1.02. The van der Waals surface area contributed by atoms with Gasteiger partial charge in [0.25, 0.3) is 0 Å². The molecule has 2 aliphatic rings. The van der Waals surface area contributed by atoms with Crippen LogP contribution in [0.4, 0.5) is 22.2 Å². The molecule has 1 atom stereocenters. The number of carbonyl (C=O) groups excluding carboxylic acids is 2. The normalized spacial score (nSPS) is 21.1. The molecule has 0 spiro atoms. The molecule has 36 heavy (non-hydrogen) atoms. The highest BCUT2D eigenvalue weighted by Crippen LogP contribution is 2.40. The van der Waals surface area contributed by atoms with Gasteiger partial charge in [-0.25, -0.2) is 9.78 Å². The van der Waals surface area contributed by atoms with E-state index in [9.17, 15) is 14.9 Å². The first-order chi connectivity index (χ1) is 17.0. The summed E-state index contributed by atoms with van der Waals surface area (Å²) in [4.78, 5) is 37.5. The van der Waals surface area contributed by atoms with Crippen LogP contribution in [0.2, 0.25) is 0 Å². The number of hydrogen-bond acceptors (Lipinski definition) is 8. The minimum absolute atomic E-state index is 0.0822. The van der Waals surface area contributed by atoms with Crippen LogP contribution in [-0.2, 0) is 9.53 Å². The van der Waals surface area contributed by atoms with Crippen LogP contribution >= 0.6 is 0 Å². The van der Waals surface area contributed by atoms with Gasteiger partial charge in [-0.3, -0.25) is 14.4 Å². The van der Waals surface area contributed by atoms with Crippen molar-refractivity contribution in [2.24, 2.45) is 11.3 Å². The van der Waals surface area contributed by atoms with Crippen molar-refractivity contribution in [3.63, 3.8) is 0 Å². The first kappa shape index (κ1) is 25.4. The molecule has 2 aliphatic heterocycles. The summed E-state index contributed by atoms with van der Waals surface area (Å²) in [5.74, 6) is 0.521. The van der Waals surface area contributed by atoms with Crippen LogP contribution < -0.4 is 10.2 Å². The number of rotatable bonds is 5. The number of aromatic nitrogens is 4. The lowest BCUT2D eigenvalue weighted by molar-refractivity contribution is -0.124. The molecule has 0 unspecified atom stereocenters. The number of nitrogens with zero attached hydrogens (tertiary/aromatic N) is 7. The zero-order chi connectivity index (χ0) is 26.1. The highest BCUT2D eigenvalue weighted by atomic mass is 16.6. The Hall–Kier alpha value is -3.68. The van der Waals surface area contributed by atoms with Crippen molar-refractivity contribution >= 4 is 29.5 Å². The van der Waals surface area contributed by atoms with Crippen LogP contribution in [0.1, 0.15) is 59.9 Å². The Morgan fingerprint density at radius 2 is 2.00 bits per heavy atom. The smallest absolute Gasteiger partial charge is 0.410 e. The SMILES string of the molecule is CC(C)[C@]1(C#N)CCN(c2ccnc(Nc3cnn(C4CCN(C(=O)OC(C)(C)C)CC4)c3)n2)C1=O. The van der Waals surface area contributed by atoms with Gasteiger partial charge in [-0.05, 0) is 52.0 Å². The van der Waals surface area contributed by atoms with E-state index in [0.29, 0.717) is 37.8 Å². The Bertz CT molecular complexity index is 1160. The van der Waals surface area contributed by atoms with E-state index in [0.717, 1.165) is 18.5 Å². The monoisotopic (exact) mass is 494 g/mol. The maximum atomic E-state index is 13.1. The summed E-state index contributed by atoms with van der Waals surface area (Å²) in [6, 6.07) is 4.09. The van der Waals surface area contributed by atoms with E-state index in [1.807, 2.05) is 45.5 Å². The van der Waals surface area contributed by atoms with E-state index in [2.05, 4.69) is 26.5 Å². The van der Waals surface area contributed by atoms with Gasteiger partial charge in [0.2, 0.25) is 11.9 Å². The quantitative estimate of drug-likeness (QED) is 0.663. The first-order valence-corrected chi connectivity index (χ1v) is 12.4. The number of anilines is 3. The van der Waals surface area contributed by atoms with Crippen molar-refractivity contribution in [3.8, 4) is 6.07 Å². The van der Waals surface area contributed by atoms with Crippen LogP contribution in [-0.4, -0.2) is 61.9 Å². The van der Waals surface area contributed by atoms with E-state index in [1.165, 1.54) is 0 Å². The standard InChI is InChI=1S/C25H34N8O3/c1-17(2)25(16-26)9-13-32(21(25)34)20-6-10-27-22(30-20)29-18-14-28-33(15-18)19-7-11-31(12-8-19)23(35)36-24(3,4)5/h6,10,14-15,17,19H,7-9,11-13H2,1-5H3,(H,27,29,30)/t25-/m1/s1. The zero-order valence-electron chi connectivity index (χ0n) is 21.6. The van der Waals surface area contributed by atoms with Crippen molar-refractivity contribution in [1.82, 2.24) is 24.6 Å². The largest absolute Gasteiger partial charge is 0.444 e. The maximum absolute atomic E-state index is 13.1. The van der Waals surface area contributed by atoms with Crippen LogP contribution in [0.15, 0.2) is 24.7 Å². The Labute approximate surface area is 211 Å². The Morgan fingerprint density at radius 1 is 1.28 bits per heavy atom. The Morgan fingerprint density at radius 3 is 2.61 bits per heavy atom. The second-order valence-electron chi connectivity index (χ2n) is 10.7. The highest BCUT2D eigenvalue weighted by molar-refractivity contribution is 6.01. The van der Waals surface area contributed by atoms with Gasteiger partial charge in [0, 0.05) is 32.0 Å². The molecule has 2 aromatic rings. The molecular formula is C25H34N8O3. The van der Waals surface area contributed by atoms with Crippen molar-refractivity contribution in [2.75, 3.05) is 29.9 Å². The topological polar surface area (TPSA) is 129 Å². The zero-order valence-corrected chi connectivity index (χ0v) is 21.6. The predicted molar refractivity (Wildman–Crippen MR) is 133 cm³/mol. The van der Waals surface area contributed by atoms with E-state index < -0.39 is 11.0 Å². The Balaban J connectivity index is 1.38. The molecule has 0 radical (unpaired) electrons. The fourth-order valence-electron chi connectivity index (χ4n) is 4.66. The summed E-state index contributed by atoms with van der Waals surface area (Å²) in [6.45, 7) is 11.1. The molecule has 192 valence electrons. The molecule has 0 aromatic carbocycles. The third-order valence-corrected chi connectivity index (χ3v) is 6.81. The van der Waals surface area contributed by atoms with E-state index >= 15 is 0 Å². The van der Waals surface area contributed by atoms with Crippen molar-refractivity contribution in [1.29, 1.82) is 5.26 Å². The number of hydrogen-bond donors (Lipinski definition) is 1. The molecule has 2 aromatic heterocycles. The molecule has 0 aliphatic carbocycles. The van der Waals surface area contributed by atoms with Gasteiger partial charge in [0.05, 0.1) is 24.0 Å². The van der Waals surface area contributed by atoms with Gasteiger partial charge in [-0.1, -0.05) is 13.8 Å². The lowest BCUT2D eigenvalue weighted by atomic mass is 9.77. The average Bonchev–Trinajstić information content (AvgIpc) is 3.43. The molecule has 4 rings (SSSR count). The van der Waals surface area contributed by atoms with Gasteiger partial charge >= 0.3 is 6.09 Å². The summed E-state index contributed by atoms with van der Waals surface area (Å²) < 4.78 is 7.37. The van der Waals surface area contributed by atoms with E-state index in [-0.39, 0.29) is 24.0 Å². The van der Waals surface area contributed by atoms with Gasteiger partial charge in [-0.2, -0.15) is 15.3 Å². The average molecular weight is 495 g/mol. The van der Waals surface area contributed by atoms with Gasteiger partial charge < -0.3 is 15.0 Å². The fraction of sp³-hybridized carbons (Fsp3) is 0.600. The van der Waals surface area contributed by atoms with Crippen LogP contribution in [0, 0.1) is 22.7 Å². The molecule has 1 N–H and O–H groups in total. The minimum Gasteiger partial charge on any atom is -0.444 e. The number of piperidine rings is 1. The maximum Gasteiger partial charge on any atom is 0.410 e.